The number of nitro groups is 1. The van der Waals surface area contributed by atoms with E-state index >= 15 is 0 Å². The third-order valence-electron chi connectivity index (χ3n) is 5.23. The number of nitrogens with zero attached hydrogens (tertiary/aromatic N) is 3. The van der Waals surface area contributed by atoms with Crippen molar-refractivity contribution in [2.24, 2.45) is 0 Å². The summed E-state index contributed by atoms with van der Waals surface area (Å²) in [5.41, 5.74) is 0.704. The van der Waals surface area contributed by atoms with Gasteiger partial charge in [0.2, 0.25) is 0 Å². The van der Waals surface area contributed by atoms with Crippen molar-refractivity contribution in [1.82, 2.24) is 9.55 Å². The lowest BCUT2D eigenvalue weighted by molar-refractivity contribution is -0.384. The van der Waals surface area contributed by atoms with Crippen LogP contribution in [0.5, 0.6) is 0 Å². The number of non-ortho nitro benzene ring substituents is 1. The molecule has 0 amide bonds. The van der Waals surface area contributed by atoms with E-state index in [0.29, 0.717) is 16.6 Å². The number of ether oxygens (including phenoxy) is 1. The van der Waals surface area contributed by atoms with E-state index in [1.807, 2.05) is 0 Å². The summed E-state index contributed by atoms with van der Waals surface area (Å²) in [6.45, 7) is -0.386. The second-order valence-corrected chi connectivity index (χ2v) is 7.63. The zero-order valence-corrected chi connectivity index (χ0v) is 17.7. The first kappa shape index (κ1) is 23.1. The lowest BCUT2D eigenvalue weighted by atomic mass is 10.0. The summed E-state index contributed by atoms with van der Waals surface area (Å²) in [6.07, 6.45) is -0.610. The highest BCUT2D eigenvalue weighted by Crippen LogP contribution is 2.27. The zero-order valence-electron chi connectivity index (χ0n) is 17.7. The van der Waals surface area contributed by atoms with Gasteiger partial charge in [-0.1, -0.05) is 24.3 Å². The molecule has 3 aromatic carbocycles. The van der Waals surface area contributed by atoms with Gasteiger partial charge >= 0.3 is 0 Å². The van der Waals surface area contributed by atoms with E-state index in [1.54, 1.807) is 0 Å². The van der Waals surface area contributed by atoms with Gasteiger partial charge in [-0.25, -0.2) is 13.8 Å². The molecule has 0 saturated heterocycles. The molecule has 10 heteroatoms. The van der Waals surface area contributed by atoms with Crippen molar-refractivity contribution < 1.29 is 23.5 Å². The average molecular weight is 467 g/mol. The number of nitro benzene ring substituents is 1. The van der Waals surface area contributed by atoms with Crippen LogP contribution < -0.4 is 5.56 Å². The van der Waals surface area contributed by atoms with Gasteiger partial charge in [0.25, 0.3) is 11.2 Å². The Morgan fingerprint density at radius 3 is 2.15 bits per heavy atom. The number of aliphatic hydroxyl groups excluding tert-OH is 1. The predicted octanol–water partition coefficient (Wildman–Crippen LogP) is 3.75. The van der Waals surface area contributed by atoms with E-state index in [9.17, 15) is 28.8 Å². The third kappa shape index (κ3) is 5.13. The van der Waals surface area contributed by atoms with Gasteiger partial charge in [0.1, 0.15) is 17.7 Å². The normalized spacial score (nSPS) is 12.2. The molecule has 0 aliphatic rings. The Kier molecular flexibility index (Phi) is 6.71. The molecule has 0 bridgehead atoms. The summed E-state index contributed by atoms with van der Waals surface area (Å²) in [5.74, 6) is -0.852. The number of halogens is 2. The van der Waals surface area contributed by atoms with E-state index < -0.39 is 34.3 Å². The van der Waals surface area contributed by atoms with Crippen LogP contribution in [-0.4, -0.2) is 32.3 Å². The molecule has 8 nitrogen and oxygen atoms in total. The Morgan fingerprint density at radius 1 is 1.00 bits per heavy atom. The van der Waals surface area contributed by atoms with E-state index in [1.165, 1.54) is 67.0 Å². The number of fused-ring (bicyclic) bond motifs is 1. The molecular weight excluding hydrogens is 448 g/mol. The molecule has 0 radical (unpaired) electrons. The van der Waals surface area contributed by atoms with Gasteiger partial charge in [0.05, 0.1) is 41.4 Å². The summed E-state index contributed by atoms with van der Waals surface area (Å²) >= 11 is 0. The number of aromatic nitrogens is 2. The molecule has 4 aromatic rings. The highest BCUT2D eigenvalue weighted by molar-refractivity contribution is 5.79. The minimum absolute atomic E-state index is 0.0559. The van der Waals surface area contributed by atoms with Crippen molar-refractivity contribution in [3.63, 3.8) is 0 Å². The molecule has 1 unspecified atom stereocenters. The van der Waals surface area contributed by atoms with Crippen LogP contribution in [0.4, 0.5) is 14.5 Å². The molecule has 1 heterocycles. The van der Waals surface area contributed by atoms with Crippen molar-refractivity contribution in [1.29, 1.82) is 0 Å². The molecule has 0 fully saturated rings. The summed E-state index contributed by atoms with van der Waals surface area (Å²) < 4.78 is 33.8. The van der Waals surface area contributed by atoms with E-state index in [4.69, 9.17) is 4.74 Å². The molecule has 0 aliphatic heterocycles. The first-order valence-corrected chi connectivity index (χ1v) is 10.3. The molecule has 34 heavy (non-hydrogen) atoms. The van der Waals surface area contributed by atoms with Crippen molar-refractivity contribution in [3.05, 3.63) is 116 Å². The first-order valence-electron chi connectivity index (χ1n) is 10.3. The Balaban J connectivity index is 1.53. The van der Waals surface area contributed by atoms with Gasteiger partial charge in [0.15, 0.2) is 0 Å². The van der Waals surface area contributed by atoms with Crippen LogP contribution in [0.1, 0.15) is 17.2 Å². The van der Waals surface area contributed by atoms with E-state index in [2.05, 4.69) is 4.98 Å². The largest absolute Gasteiger partial charge is 0.389 e. The number of benzene rings is 3. The van der Waals surface area contributed by atoms with Crippen molar-refractivity contribution in [3.8, 4) is 0 Å². The Hall–Kier alpha value is -4.02. The highest BCUT2D eigenvalue weighted by Gasteiger charge is 2.19. The van der Waals surface area contributed by atoms with Crippen LogP contribution in [0, 0.1) is 21.7 Å². The Labute approximate surface area is 191 Å². The molecule has 0 aliphatic carbocycles. The highest BCUT2D eigenvalue weighted by atomic mass is 19.1. The molecule has 1 N–H and O–H groups in total. The van der Waals surface area contributed by atoms with Crippen LogP contribution in [0.15, 0.2) is 77.9 Å². The summed E-state index contributed by atoms with van der Waals surface area (Å²) in [6, 6.07) is 15.0. The molecule has 1 atom stereocenters. The maximum atomic E-state index is 13.4. The fourth-order valence-electron chi connectivity index (χ4n) is 3.54. The maximum absolute atomic E-state index is 13.4. The minimum atomic E-state index is -1.14. The quantitative estimate of drug-likeness (QED) is 0.312. The molecule has 0 spiro atoms. The van der Waals surface area contributed by atoms with Crippen LogP contribution >= 0.6 is 0 Å². The van der Waals surface area contributed by atoms with Gasteiger partial charge in [-0.3, -0.25) is 19.5 Å². The SMILES string of the molecule is O=c1c2cc([N+](=O)[O-])ccc2ncn1CC(O)COC(c1ccc(F)cc1)c1ccc(F)cc1. The topological polar surface area (TPSA) is 107 Å². The lowest BCUT2D eigenvalue weighted by Crippen LogP contribution is -2.30. The maximum Gasteiger partial charge on any atom is 0.270 e. The fourth-order valence-corrected chi connectivity index (χ4v) is 3.54. The fraction of sp³-hybridized carbons (Fsp3) is 0.167. The van der Waals surface area contributed by atoms with Gasteiger partial charge in [-0.2, -0.15) is 0 Å². The second-order valence-electron chi connectivity index (χ2n) is 7.63. The van der Waals surface area contributed by atoms with Crippen LogP contribution in [0.2, 0.25) is 0 Å². The monoisotopic (exact) mass is 467 g/mol. The van der Waals surface area contributed by atoms with Crippen molar-refractivity contribution in [2.45, 2.75) is 18.8 Å². The lowest BCUT2D eigenvalue weighted by Gasteiger charge is -2.21. The van der Waals surface area contributed by atoms with Crippen molar-refractivity contribution in [2.75, 3.05) is 6.61 Å². The molecule has 174 valence electrons. The zero-order chi connectivity index (χ0) is 24.2. The molecular formula is C24H19F2N3O5. The Bertz CT molecular complexity index is 1330. The summed E-state index contributed by atoms with van der Waals surface area (Å²) in [4.78, 5) is 27.3. The predicted molar refractivity (Wildman–Crippen MR) is 119 cm³/mol. The second kappa shape index (κ2) is 9.86. The summed E-state index contributed by atoms with van der Waals surface area (Å²) in [5, 5.41) is 21.6. The van der Waals surface area contributed by atoms with Gasteiger partial charge in [0, 0.05) is 12.1 Å². The number of aliphatic hydroxyl groups is 1. The standard InChI is InChI=1S/C24H19F2N3O5/c25-17-5-1-15(2-6-17)23(16-3-7-18(26)8-4-16)34-13-20(30)12-28-14-27-22-10-9-19(29(32)33)11-21(22)24(28)31/h1-11,14,20,23,30H,12-13H2. The van der Waals surface area contributed by atoms with E-state index in [0.717, 1.165) is 10.6 Å². The Morgan fingerprint density at radius 2 is 1.59 bits per heavy atom. The molecule has 4 rings (SSSR count). The number of rotatable bonds is 8. The van der Waals surface area contributed by atoms with Crippen LogP contribution in [-0.2, 0) is 11.3 Å². The number of hydrogen-bond donors (Lipinski definition) is 1. The first-order chi connectivity index (χ1) is 16.3. The van der Waals surface area contributed by atoms with Crippen LogP contribution in [0.25, 0.3) is 10.9 Å². The molecule has 0 saturated carbocycles. The van der Waals surface area contributed by atoms with Gasteiger partial charge < -0.3 is 9.84 Å². The van der Waals surface area contributed by atoms with Gasteiger partial charge in [-0.15, -0.1) is 0 Å². The van der Waals surface area contributed by atoms with Crippen molar-refractivity contribution >= 4 is 16.6 Å². The van der Waals surface area contributed by atoms with Gasteiger partial charge in [-0.05, 0) is 41.5 Å². The minimum Gasteiger partial charge on any atom is -0.389 e. The number of hydrogen-bond acceptors (Lipinski definition) is 6. The molecule has 1 aromatic heterocycles. The summed E-state index contributed by atoms with van der Waals surface area (Å²) in [7, 11) is 0. The smallest absolute Gasteiger partial charge is 0.270 e. The third-order valence-corrected chi connectivity index (χ3v) is 5.23. The van der Waals surface area contributed by atoms with Crippen LogP contribution in [0.3, 0.4) is 0 Å². The average Bonchev–Trinajstić information content (AvgIpc) is 2.83. The van der Waals surface area contributed by atoms with E-state index in [-0.39, 0.29) is 24.2 Å².